The monoisotopic (exact) mass is 412 g/mol. The molecule has 3 heterocycles. The molecule has 152 valence electrons. The van der Waals surface area contributed by atoms with Crippen LogP contribution in [0.15, 0.2) is 41.9 Å². The van der Waals surface area contributed by atoms with Gasteiger partial charge in [-0.25, -0.2) is 9.07 Å². The lowest BCUT2D eigenvalue weighted by Crippen LogP contribution is -2.44. The van der Waals surface area contributed by atoms with Crippen molar-refractivity contribution in [1.82, 2.24) is 20.0 Å². The molecule has 0 fully saturated rings. The molecule has 1 unspecified atom stereocenters. The van der Waals surface area contributed by atoms with Crippen LogP contribution in [0.2, 0.25) is 0 Å². The Morgan fingerprint density at radius 2 is 2.10 bits per heavy atom. The Balaban J connectivity index is 1.41. The highest BCUT2D eigenvalue weighted by atomic mass is 32.1. The van der Waals surface area contributed by atoms with Crippen molar-refractivity contribution in [2.24, 2.45) is 0 Å². The Morgan fingerprint density at radius 1 is 1.31 bits per heavy atom. The van der Waals surface area contributed by atoms with E-state index in [1.54, 1.807) is 23.0 Å². The number of nitrogens with zero attached hydrogens (tertiary/aromatic N) is 3. The quantitative estimate of drug-likeness (QED) is 0.670. The Labute approximate surface area is 174 Å². The molecule has 0 spiro atoms. The van der Waals surface area contributed by atoms with Crippen LogP contribution in [0.5, 0.6) is 0 Å². The Bertz CT molecular complexity index is 995. The van der Waals surface area contributed by atoms with Gasteiger partial charge in [-0.05, 0) is 61.0 Å². The van der Waals surface area contributed by atoms with E-state index in [0.717, 1.165) is 30.9 Å². The molecular formula is C22H25FN4OS. The van der Waals surface area contributed by atoms with Crippen molar-refractivity contribution in [2.45, 2.75) is 39.3 Å². The first kappa shape index (κ1) is 19.8. The molecule has 1 aliphatic heterocycles. The summed E-state index contributed by atoms with van der Waals surface area (Å²) in [6, 6.07) is 8.59. The van der Waals surface area contributed by atoms with E-state index in [9.17, 15) is 9.18 Å². The maximum Gasteiger partial charge on any atom is 0.254 e. The van der Waals surface area contributed by atoms with Gasteiger partial charge in [-0.1, -0.05) is 6.92 Å². The lowest BCUT2D eigenvalue weighted by atomic mass is 10.1. The largest absolute Gasteiger partial charge is 0.350 e. The van der Waals surface area contributed by atoms with Gasteiger partial charge >= 0.3 is 0 Å². The second-order valence-electron chi connectivity index (χ2n) is 7.40. The van der Waals surface area contributed by atoms with Crippen LogP contribution in [-0.2, 0) is 19.4 Å². The molecule has 3 aromatic rings. The fourth-order valence-electron chi connectivity index (χ4n) is 3.82. The minimum absolute atomic E-state index is 0.115. The molecule has 7 heteroatoms. The molecule has 4 rings (SSSR count). The minimum Gasteiger partial charge on any atom is -0.350 e. The summed E-state index contributed by atoms with van der Waals surface area (Å²) in [6.45, 7) is 6.69. The predicted molar refractivity (Wildman–Crippen MR) is 113 cm³/mol. The maximum atomic E-state index is 13.2. The van der Waals surface area contributed by atoms with Gasteiger partial charge in [-0.2, -0.15) is 5.10 Å². The van der Waals surface area contributed by atoms with Crippen molar-refractivity contribution < 1.29 is 9.18 Å². The summed E-state index contributed by atoms with van der Waals surface area (Å²) in [5.41, 5.74) is 3.55. The van der Waals surface area contributed by atoms with Gasteiger partial charge in [0.1, 0.15) is 5.82 Å². The molecule has 2 aromatic heterocycles. The molecule has 1 amide bonds. The second kappa shape index (κ2) is 8.47. The van der Waals surface area contributed by atoms with Gasteiger partial charge in [0, 0.05) is 30.6 Å². The third-order valence-electron chi connectivity index (χ3n) is 5.54. The molecule has 0 bridgehead atoms. The molecule has 0 aliphatic carbocycles. The second-order valence-corrected chi connectivity index (χ2v) is 8.40. The number of nitrogens with one attached hydrogen (secondary N) is 1. The van der Waals surface area contributed by atoms with Gasteiger partial charge in [-0.3, -0.25) is 9.69 Å². The summed E-state index contributed by atoms with van der Waals surface area (Å²) in [7, 11) is 0. The molecule has 1 aromatic carbocycles. The highest BCUT2D eigenvalue weighted by Gasteiger charge is 2.23. The number of rotatable bonds is 6. The summed E-state index contributed by atoms with van der Waals surface area (Å²) >= 11 is 1.83. The van der Waals surface area contributed by atoms with Crippen LogP contribution >= 0.6 is 11.3 Å². The van der Waals surface area contributed by atoms with Crippen molar-refractivity contribution in [2.75, 3.05) is 13.1 Å². The number of benzene rings is 1. The van der Waals surface area contributed by atoms with Crippen molar-refractivity contribution in [3.63, 3.8) is 0 Å². The Hall–Kier alpha value is -2.51. The molecule has 0 radical (unpaired) electrons. The number of aromatic nitrogens is 2. The molecule has 1 aliphatic rings. The van der Waals surface area contributed by atoms with E-state index in [2.05, 4.69) is 33.7 Å². The lowest BCUT2D eigenvalue weighted by molar-refractivity contribution is 0.0931. The van der Waals surface area contributed by atoms with E-state index >= 15 is 0 Å². The van der Waals surface area contributed by atoms with Gasteiger partial charge in [0.25, 0.3) is 5.91 Å². The Kier molecular flexibility index (Phi) is 5.78. The van der Waals surface area contributed by atoms with Crippen molar-refractivity contribution in [3.8, 4) is 5.69 Å². The topological polar surface area (TPSA) is 50.2 Å². The van der Waals surface area contributed by atoms with Gasteiger partial charge in [0.05, 0.1) is 23.1 Å². The standard InChI is InChI=1S/C22H25FN4OS/c1-3-20-19(13-25-27(20)18-6-4-17(23)5-7-18)22(28)24-12-15(2)26-10-8-21-16(14-26)9-11-29-21/h4-7,9,11,13,15H,3,8,10,12,14H2,1-2H3,(H,24,28). The number of hydrogen-bond donors (Lipinski definition) is 1. The highest BCUT2D eigenvalue weighted by molar-refractivity contribution is 7.10. The third-order valence-corrected chi connectivity index (χ3v) is 6.56. The fourth-order valence-corrected chi connectivity index (χ4v) is 4.71. The molecule has 0 saturated heterocycles. The summed E-state index contributed by atoms with van der Waals surface area (Å²) in [5.74, 6) is -0.409. The normalized spacial score (nSPS) is 15.1. The summed E-state index contributed by atoms with van der Waals surface area (Å²) in [4.78, 5) is 16.7. The minimum atomic E-state index is -0.293. The molecule has 29 heavy (non-hydrogen) atoms. The number of amides is 1. The van der Waals surface area contributed by atoms with Gasteiger partial charge in [0.15, 0.2) is 0 Å². The van der Waals surface area contributed by atoms with E-state index in [1.807, 2.05) is 18.3 Å². The van der Waals surface area contributed by atoms with Crippen molar-refractivity contribution in [1.29, 1.82) is 0 Å². The van der Waals surface area contributed by atoms with Gasteiger partial charge in [-0.15, -0.1) is 11.3 Å². The van der Waals surface area contributed by atoms with E-state index in [0.29, 0.717) is 18.5 Å². The van der Waals surface area contributed by atoms with E-state index in [-0.39, 0.29) is 17.8 Å². The number of hydrogen-bond acceptors (Lipinski definition) is 4. The first-order valence-electron chi connectivity index (χ1n) is 9.97. The van der Waals surface area contributed by atoms with Crippen LogP contribution < -0.4 is 5.32 Å². The first-order chi connectivity index (χ1) is 14.1. The van der Waals surface area contributed by atoms with Crippen LogP contribution in [-0.4, -0.2) is 39.7 Å². The first-order valence-corrected chi connectivity index (χ1v) is 10.8. The average Bonchev–Trinajstić information content (AvgIpc) is 3.38. The SMILES string of the molecule is CCc1c(C(=O)NCC(C)N2CCc3sccc3C2)cnn1-c1ccc(F)cc1. The molecule has 1 atom stereocenters. The summed E-state index contributed by atoms with van der Waals surface area (Å²) < 4.78 is 14.9. The highest BCUT2D eigenvalue weighted by Crippen LogP contribution is 2.25. The number of halogens is 1. The van der Waals surface area contributed by atoms with Crippen LogP contribution in [0.1, 0.15) is 40.3 Å². The van der Waals surface area contributed by atoms with Gasteiger partial charge < -0.3 is 5.32 Å². The summed E-state index contributed by atoms with van der Waals surface area (Å²) in [5, 5.41) is 9.60. The lowest BCUT2D eigenvalue weighted by Gasteiger charge is -2.32. The molecule has 1 N–H and O–H groups in total. The molecule has 0 saturated carbocycles. The van der Waals surface area contributed by atoms with Crippen molar-refractivity contribution >= 4 is 17.2 Å². The molecular weight excluding hydrogens is 387 g/mol. The Morgan fingerprint density at radius 3 is 2.86 bits per heavy atom. The average molecular weight is 413 g/mol. The predicted octanol–water partition coefficient (Wildman–Crippen LogP) is 3.81. The van der Waals surface area contributed by atoms with E-state index in [4.69, 9.17) is 0 Å². The number of carbonyl (C=O) groups excluding carboxylic acids is 1. The number of fused-ring (bicyclic) bond motifs is 1. The van der Waals surface area contributed by atoms with Gasteiger partial charge in [0.2, 0.25) is 0 Å². The van der Waals surface area contributed by atoms with Crippen LogP contribution in [0.25, 0.3) is 5.69 Å². The zero-order valence-corrected chi connectivity index (χ0v) is 17.5. The van der Waals surface area contributed by atoms with Crippen molar-refractivity contribution in [3.05, 3.63) is 69.4 Å². The number of thiophene rings is 1. The number of carbonyl (C=O) groups is 1. The van der Waals surface area contributed by atoms with E-state index in [1.165, 1.54) is 22.6 Å². The zero-order valence-electron chi connectivity index (χ0n) is 16.7. The van der Waals surface area contributed by atoms with Crippen LogP contribution in [0.4, 0.5) is 4.39 Å². The smallest absolute Gasteiger partial charge is 0.254 e. The fraction of sp³-hybridized carbons (Fsp3) is 0.364. The zero-order chi connectivity index (χ0) is 20.4. The van der Waals surface area contributed by atoms with Crippen LogP contribution in [0.3, 0.4) is 0 Å². The van der Waals surface area contributed by atoms with E-state index < -0.39 is 0 Å². The van der Waals surface area contributed by atoms with Crippen LogP contribution in [0, 0.1) is 5.82 Å². The summed E-state index contributed by atoms with van der Waals surface area (Å²) in [6.07, 6.45) is 3.33. The third kappa shape index (κ3) is 4.11. The maximum absolute atomic E-state index is 13.2. The molecule has 5 nitrogen and oxygen atoms in total.